The lowest BCUT2D eigenvalue weighted by Crippen LogP contribution is -2.18. The number of hydrogen-bond donors (Lipinski definition) is 0. The van der Waals surface area contributed by atoms with Gasteiger partial charge < -0.3 is 9.47 Å². The third-order valence-electron chi connectivity index (χ3n) is 3.42. The van der Waals surface area contributed by atoms with Crippen molar-refractivity contribution in [3.63, 3.8) is 0 Å². The molecule has 17 heavy (non-hydrogen) atoms. The van der Waals surface area contributed by atoms with E-state index in [1.165, 1.54) is 37.7 Å². The van der Waals surface area contributed by atoms with Crippen LogP contribution in [0.4, 0.5) is 0 Å². The maximum Gasteiger partial charge on any atom is 0.118 e. The van der Waals surface area contributed by atoms with Crippen molar-refractivity contribution in [1.29, 1.82) is 0 Å². The summed E-state index contributed by atoms with van der Waals surface area (Å²) in [4.78, 5) is 0. The predicted octanol–water partition coefficient (Wildman–Crippen LogP) is 3.59. The van der Waals surface area contributed by atoms with Gasteiger partial charge in [-0.3, -0.25) is 0 Å². The Morgan fingerprint density at radius 2 is 2.06 bits per heavy atom. The minimum absolute atomic E-state index is 0.516. The van der Waals surface area contributed by atoms with Crippen LogP contribution in [0.5, 0.6) is 5.75 Å². The maximum atomic E-state index is 5.73. The summed E-state index contributed by atoms with van der Waals surface area (Å²) in [6.07, 6.45) is 7.92. The Morgan fingerprint density at radius 1 is 1.24 bits per heavy atom. The molecule has 94 valence electrons. The van der Waals surface area contributed by atoms with Crippen LogP contribution in [0.3, 0.4) is 0 Å². The standard InChI is InChI=1S/C15H22O2/c1-16-14-10-8-13(9-11-14)5-4-7-15-6-2-3-12-17-15/h8-11,15H,2-7,12H2,1H3. The van der Waals surface area contributed by atoms with E-state index in [4.69, 9.17) is 9.47 Å². The fourth-order valence-corrected chi connectivity index (χ4v) is 2.36. The lowest BCUT2D eigenvalue weighted by molar-refractivity contribution is 0.0102. The van der Waals surface area contributed by atoms with Gasteiger partial charge in [-0.15, -0.1) is 0 Å². The van der Waals surface area contributed by atoms with E-state index < -0.39 is 0 Å². The largest absolute Gasteiger partial charge is 0.497 e. The molecule has 1 saturated heterocycles. The van der Waals surface area contributed by atoms with Crippen molar-refractivity contribution in [1.82, 2.24) is 0 Å². The van der Waals surface area contributed by atoms with Crippen molar-refractivity contribution in [2.75, 3.05) is 13.7 Å². The highest BCUT2D eigenvalue weighted by Crippen LogP contribution is 2.19. The van der Waals surface area contributed by atoms with Crippen LogP contribution in [-0.4, -0.2) is 19.8 Å². The molecule has 1 heterocycles. The van der Waals surface area contributed by atoms with E-state index in [0.717, 1.165) is 18.8 Å². The molecule has 1 fully saturated rings. The third-order valence-corrected chi connectivity index (χ3v) is 3.42. The van der Waals surface area contributed by atoms with Crippen molar-refractivity contribution in [3.8, 4) is 5.75 Å². The molecule has 0 bridgehead atoms. The van der Waals surface area contributed by atoms with Crippen molar-refractivity contribution >= 4 is 0 Å². The molecule has 2 nitrogen and oxygen atoms in total. The Balaban J connectivity index is 1.69. The summed E-state index contributed by atoms with van der Waals surface area (Å²) in [5, 5.41) is 0. The molecule has 0 saturated carbocycles. The van der Waals surface area contributed by atoms with Crippen LogP contribution in [0.1, 0.15) is 37.7 Å². The van der Waals surface area contributed by atoms with E-state index in [2.05, 4.69) is 12.1 Å². The Bertz CT molecular complexity index is 312. The van der Waals surface area contributed by atoms with Crippen LogP contribution in [0.2, 0.25) is 0 Å². The predicted molar refractivity (Wildman–Crippen MR) is 69.5 cm³/mol. The average molecular weight is 234 g/mol. The summed E-state index contributed by atoms with van der Waals surface area (Å²) in [5.74, 6) is 0.935. The number of methoxy groups -OCH3 is 1. The lowest BCUT2D eigenvalue weighted by atomic mass is 10.0. The van der Waals surface area contributed by atoms with E-state index in [1.807, 2.05) is 12.1 Å². The number of aryl methyl sites for hydroxylation is 1. The molecule has 2 heteroatoms. The normalized spacial score (nSPS) is 20.2. The fraction of sp³-hybridized carbons (Fsp3) is 0.600. The van der Waals surface area contributed by atoms with Crippen molar-refractivity contribution < 1.29 is 9.47 Å². The van der Waals surface area contributed by atoms with Crippen molar-refractivity contribution in [2.24, 2.45) is 0 Å². The maximum absolute atomic E-state index is 5.73. The van der Waals surface area contributed by atoms with Gasteiger partial charge in [-0.05, 0) is 56.2 Å². The first-order valence-corrected chi connectivity index (χ1v) is 6.63. The van der Waals surface area contributed by atoms with Crippen LogP contribution < -0.4 is 4.74 Å². The van der Waals surface area contributed by atoms with Gasteiger partial charge in [0.15, 0.2) is 0 Å². The second-order valence-corrected chi connectivity index (χ2v) is 4.73. The molecule has 1 aromatic carbocycles. The summed E-state index contributed by atoms with van der Waals surface area (Å²) in [7, 11) is 1.70. The molecule has 1 aromatic rings. The Hall–Kier alpha value is -1.02. The number of ether oxygens (including phenoxy) is 2. The van der Waals surface area contributed by atoms with Gasteiger partial charge in [-0.1, -0.05) is 12.1 Å². The molecule has 2 rings (SSSR count). The molecule has 0 amide bonds. The molecular formula is C15H22O2. The minimum Gasteiger partial charge on any atom is -0.497 e. The fourth-order valence-electron chi connectivity index (χ4n) is 2.36. The summed E-state index contributed by atoms with van der Waals surface area (Å²) < 4.78 is 10.9. The first-order valence-electron chi connectivity index (χ1n) is 6.63. The van der Waals surface area contributed by atoms with E-state index in [0.29, 0.717) is 6.10 Å². The molecule has 1 unspecified atom stereocenters. The molecular weight excluding hydrogens is 212 g/mol. The highest BCUT2D eigenvalue weighted by molar-refractivity contribution is 5.27. The quantitative estimate of drug-likeness (QED) is 0.775. The average Bonchev–Trinajstić information content (AvgIpc) is 2.41. The SMILES string of the molecule is COc1ccc(CCCC2CCCCO2)cc1. The first kappa shape index (κ1) is 12.4. The van der Waals surface area contributed by atoms with Gasteiger partial charge in [-0.25, -0.2) is 0 Å². The van der Waals surface area contributed by atoms with E-state index in [9.17, 15) is 0 Å². The van der Waals surface area contributed by atoms with Crippen LogP contribution in [0.25, 0.3) is 0 Å². The molecule has 0 radical (unpaired) electrons. The van der Waals surface area contributed by atoms with Crippen LogP contribution in [0, 0.1) is 0 Å². The number of benzene rings is 1. The minimum atomic E-state index is 0.516. The van der Waals surface area contributed by atoms with Crippen LogP contribution >= 0.6 is 0 Å². The molecule has 1 aliphatic rings. The summed E-state index contributed by atoms with van der Waals surface area (Å²) in [6, 6.07) is 8.38. The molecule has 0 spiro atoms. The van der Waals surface area contributed by atoms with E-state index >= 15 is 0 Å². The van der Waals surface area contributed by atoms with Gasteiger partial charge in [-0.2, -0.15) is 0 Å². The summed E-state index contributed by atoms with van der Waals surface area (Å²) in [5.41, 5.74) is 1.39. The van der Waals surface area contributed by atoms with Crippen LogP contribution in [-0.2, 0) is 11.2 Å². The Kier molecular flexibility index (Phi) is 4.87. The van der Waals surface area contributed by atoms with Crippen LogP contribution in [0.15, 0.2) is 24.3 Å². The molecule has 1 atom stereocenters. The number of rotatable bonds is 5. The van der Waals surface area contributed by atoms with E-state index in [-0.39, 0.29) is 0 Å². The number of hydrogen-bond acceptors (Lipinski definition) is 2. The monoisotopic (exact) mass is 234 g/mol. The highest BCUT2D eigenvalue weighted by Gasteiger charge is 2.12. The van der Waals surface area contributed by atoms with Gasteiger partial charge in [0.1, 0.15) is 5.75 Å². The third kappa shape index (κ3) is 4.04. The smallest absolute Gasteiger partial charge is 0.118 e. The van der Waals surface area contributed by atoms with Gasteiger partial charge in [0.05, 0.1) is 13.2 Å². The molecule has 0 aromatic heterocycles. The van der Waals surface area contributed by atoms with Crippen molar-refractivity contribution in [3.05, 3.63) is 29.8 Å². The second-order valence-electron chi connectivity index (χ2n) is 4.73. The zero-order valence-electron chi connectivity index (χ0n) is 10.7. The van der Waals surface area contributed by atoms with Gasteiger partial charge in [0.25, 0.3) is 0 Å². The van der Waals surface area contributed by atoms with Gasteiger partial charge in [0, 0.05) is 6.61 Å². The summed E-state index contributed by atoms with van der Waals surface area (Å²) in [6.45, 7) is 0.965. The molecule has 0 aliphatic carbocycles. The molecule has 1 aliphatic heterocycles. The zero-order chi connectivity index (χ0) is 11.9. The highest BCUT2D eigenvalue weighted by atomic mass is 16.5. The van der Waals surface area contributed by atoms with Crippen molar-refractivity contribution in [2.45, 2.75) is 44.6 Å². The molecule has 0 N–H and O–H groups in total. The second kappa shape index (κ2) is 6.65. The Labute approximate surface area is 104 Å². The van der Waals surface area contributed by atoms with E-state index in [1.54, 1.807) is 7.11 Å². The topological polar surface area (TPSA) is 18.5 Å². The summed E-state index contributed by atoms with van der Waals surface area (Å²) >= 11 is 0. The lowest BCUT2D eigenvalue weighted by Gasteiger charge is -2.22. The van der Waals surface area contributed by atoms with Gasteiger partial charge in [0.2, 0.25) is 0 Å². The first-order chi connectivity index (χ1) is 8.38. The Morgan fingerprint density at radius 3 is 2.71 bits per heavy atom. The van der Waals surface area contributed by atoms with Gasteiger partial charge >= 0.3 is 0 Å². The zero-order valence-corrected chi connectivity index (χ0v) is 10.7.